The molecular formula is C14H21NO. The predicted molar refractivity (Wildman–Crippen MR) is 66.2 cm³/mol. The highest BCUT2D eigenvalue weighted by Gasteiger charge is 2.30. The van der Waals surface area contributed by atoms with Crippen LogP contribution in [0, 0.1) is 0 Å². The molecule has 0 spiro atoms. The smallest absolute Gasteiger partial charge is 0.0434 e. The predicted octanol–water partition coefficient (Wildman–Crippen LogP) is 2.34. The summed E-state index contributed by atoms with van der Waals surface area (Å²) in [5, 5.41) is 8.78. The van der Waals surface area contributed by atoms with E-state index < -0.39 is 0 Å². The molecule has 1 saturated carbocycles. The maximum Gasteiger partial charge on any atom is 0.0434 e. The van der Waals surface area contributed by atoms with Gasteiger partial charge in [-0.25, -0.2) is 0 Å². The highest BCUT2D eigenvalue weighted by atomic mass is 16.2. The monoisotopic (exact) mass is 219 g/mol. The van der Waals surface area contributed by atoms with Gasteiger partial charge in [-0.05, 0) is 36.8 Å². The van der Waals surface area contributed by atoms with Crippen LogP contribution in [0.2, 0.25) is 0 Å². The Morgan fingerprint density at radius 3 is 2.31 bits per heavy atom. The number of aliphatic hydroxyl groups excluding tert-OH is 1. The lowest BCUT2D eigenvalue weighted by molar-refractivity contribution is 0.288. The number of rotatable bonds is 4. The summed E-state index contributed by atoms with van der Waals surface area (Å²) in [6.45, 7) is 0.266. The van der Waals surface area contributed by atoms with Gasteiger partial charge in [-0.2, -0.15) is 0 Å². The fraction of sp³-hybridized carbons (Fsp3) is 0.571. The number of nitrogens with two attached hydrogens (primary N) is 1. The first-order valence-corrected chi connectivity index (χ1v) is 6.24. The van der Waals surface area contributed by atoms with Crippen LogP contribution in [-0.2, 0) is 12.0 Å². The van der Waals surface area contributed by atoms with Crippen LogP contribution in [0.5, 0.6) is 0 Å². The summed E-state index contributed by atoms with van der Waals surface area (Å²) in [7, 11) is 0. The van der Waals surface area contributed by atoms with E-state index in [1.54, 1.807) is 0 Å². The Morgan fingerprint density at radius 2 is 1.75 bits per heavy atom. The van der Waals surface area contributed by atoms with Gasteiger partial charge in [0.1, 0.15) is 0 Å². The Balaban J connectivity index is 2.06. The Labute approximate surface area is 97.5 Å². The zero-order valence-electron chi connectivity index (χ0n) is 9.78. The minimum atomic E-state index is -0.0739. The lowest BCUT2D eigenvalue weighted by atomic mass is 9.88. The summed E-state index contributed by atoms with van der Waals surface area (Å²) in [6.07, 6.45) is 6.53. The normalized spacial score (nSPS) is 18.9. The van der Waals surface area contributed by atoms with Crippen molar-refractivity contribution in [1.29, 1.82) is 0 Å². The van der Waals surface area contributed by atoms with Crippen LogP contribution in [0.4, 0.5) is 0 Å². The summed E-state index contributed by atoms with van der Waals surface area (Å²) in [6, 6.07) is 8.63. The average Bonchev–Trinajstić information content (AvgIpc) is 2.75. The van der Waals surface area contributed by atoms with E-state index in [0.717, 1.165) is 25.7 Å². The summed E-state index contributed by atoms with van der Waals surface area (Å²) >= 11 is 0. The molecule has 0 bridgehead atoms. The fourth-order valence-electron chi connectivity index (χ4n) is 2.58. The minimum Gasteiger partial charge on any atom is -0.396 e. The van der Waals surface area contributed by atoms with Crippen LogP contribution in [-0.4, -0.2) is 11.7 Å². The molecule has 3 N–H and O–H groups in total. The third-order valence-electron chi connectivity index (χ3n) is 3.65. The highest BCUT2D eigenvalue weighted by molar-refractivity contribution is 5.29. The second-order valence-corrected chi connectivity index (χ2v) is 4.89. The van der Waals surface area contributed by atoms with Gasteiger partial charge >= 0.3 is 0 Å². The van der Waals surface area contributed by atoms with Crippen molar-refractivity contribution in [2.24, 2.45) is 5.73 Å². The van der Waals surface area contributed by atoms with Crippen molar-refractivity contribution >= 4 is 0 Å². The summed E-state index contributed by atoms with van der Waals surface area (Å²) in [5.74, 6) is 0. The standard InChI is InChI=1S/C14H21NO/c15-14(9-1-2-10-14)13-7-5-12(6-8-13)4-3-11-16/h5-8,16H,1-4,9-11,15H2. The SMILES string of the molecule is NC1(c2ccc(CCCO)cc2)CCCC1. The molecule has 0 radical (unpaired) electrons. The van der Waals surface area contributed by atoms with Crippen molar-refractivity contribution in [3.05, 3.63) is 35.4 Å². The Morgan fingerprint density at radius 1 is 1.12 bits per heavy atom. The molecule has 0 atom stereocenters. The lowest BCUT2D eigenvalue weighted by Crippen LogP contribution is -2.32. The Hall–Kier alpha value is -0.860. The highest BCUT2D eigenvalue weighted by Crippen LogP contribution is 2.36. The maximum atomic E-state index is 8.78. The number of aryl methyl sites for hydroxylation is 1. The van der Waals surface area contributed by atoms with Crippen LogP contribution in [0.1, 0.15) is 43.2 Å². The first-order valence-electron chi connectivity index (χ1n) is 6.24. The average molecular weight is 219 g/mol. The van der Waals surface area contributed by atoms with Crippen molar-refractivity contribution in [2.75, 3.05) is 6.61 Å². The number of hydrogen-bond acceptors (Lipinski definition) is 2. The van der Waals surface area contributed by atoms with Gasteiger partial charge in [-0.15, -0.1) is 0 Å². The van der Waals surface area contributed by atoms with Crippen molar-refractivity contribution in [3.8, 4) is 0 Å². The molecule has 1 aromatic carbocycles. The fourth-order valence-corrected chi connectivity index (χ4v) is 2.58. The second-order valence-electron chi connectivity index (χ2n) is 4.89. The van der Waals surface area contributed by atoms with E-state index >= 15 is 0 Å². The van der Waals surface area contributed by atoms with Gasteiger partial charge < -0.3 is 10.8 Å². The maximum absolute atomic E-state index is 8.78. The second kappa shape index (κ2) is 4.98. The van der Waals surface area contributed by atoms with E-state index in [0.29, 0.717) is 0 Å². The molecule has 1 fully saturated rings. The minimum absolute atomic E-state index is 0.0739. The number of hydrogen-bond donors (Lipinski definition) is 2. The molecule has 0 heterocycles. The van der Waals surface area contributed by atoms with Gasteiger partial charge in [-0.3, -0.25) is 0 Å². The van der Waals surface area contributed by atoms with Crippen molar-refractivity contribution in [3.63, 3.8) is 0 Å². The van der Waals surface area contributed by atoms with Crippen LogP contribution < -0.4 is 5.73 Å². The molecule has 1 aliphatic rings. The van der Waals surface area contributed by atoms with Crippen molar-refractivity contribution in [2.45, 2.75) is 44.1 Å². The summed E-state index contributed by atoms with van der Waals surface area (Å²) in [4.78, 5) is 0. The number of benzene rings is 1. The molecule has 2 heteroatoms. The largest absolute Gasteiger partial charge is 0.396 e. The molecule has 0 unspecified atom stereocenters. The van der Waals surface area contributed by atoms with E-state index in [2.05, 4.69) is 24.3 Å². The molecule has 88 valence electrons. The van der Waals surface area contributed by atoms with Crippen molar-refractivity contribution in [1.82, 2.24) is 0 Å². The van der Waals surface area contributed by atoms with E-state index in [1.165, 1.54) is 24.0 Å². The van der Waals surface area contributed by atoms with E-state index in [-0.39, 0.29) is 12.1 Å². The molecule has 2 nitrogen and oxygen atoms in total. The third-order valence-corrected chi connectivity index (χ3v) is 3.65. The molecule has 2 rings (SSSR count). The van der Waals surface area contributed by atoms with Gasteiger partial charge in [-0.1, -0.05) is 37.1 Å². The van der Waals surface area contributed by atoms with Crippen LogP contribution in [0.25, 0.3) is 0 Å². The van der Waals surface area contributed by atoms with Gasteiger partial charge in [0.25, 0.3) is 0 Å². The molecule has 1 aromatic rings. The van der Waals surface area contributed by atoms with E-state index in [4.69, 9.17) is 10.8 Å². The number of aliphatic hydroxyl groups is 1. The quantitative estimate of drug-likeness (QED) is 0.816. The molecule has 16 heavy (non-hydrogen) atoms. The third kappa shape index (κ3) is 2.45. The Bertz CT molecular complexity index is 325. The van der Waals surface area contributed by atoms with Gasteiger partial charge in [0, 0.05) is 12.1 Å². The van der Waals surface area contributed by atoms with E-state index in [1.807, 2.05) is 0 Å². The Kier molecular flexibility index (Phi) is 3.62. The summed E-state index contributed by atoms with van der Waals surface area (Å²) in [5.41, 5.74) is 8.88. The molecule has 0 saturated heterocycles. The topological polar surface area (TPSA) is 46.2 Å². The van der Waals surface area contributed by atoms with E-state index in [9.17, 15) is 0 Å². The molecule has 1 aliphatic carbocycles. The first-order chi connectivity index (χ1) is 7.74. The molecule has 0 aliphatic heterocycles. The zero-order valence-corrected chi connectivity index (χ0v) is 9.78. The summed E-state index contributed by atoms with van der Waals surface area (Å²) < 4.78 is 0. The van der Waals surface area contributed by atoms with Crippen LogP contribution in [0.3, 0.4) is 0 Å². The first kappa shape index (κ1) is 11.6. The molecular weight excluding hydrogens is 198 g/mol. The van der Waals surface area contributed by atoms with Crippen LogP contribution >= 0.6 is 0 Å². The lowest BCUT2D eigenvalue weighted by Gasteiger charge is -2.24. The molecule has 0 aromatic heterocycles. The van der Waals surface area contributed by atoms with Gasteiger partial charge in [0.05, 0.1) is 0 Å². The van der Waals surface area contributed by atoms with Gasteiger partial charge in [0.15, 0.2) is 0 Å². The molecule has 0 amide bonds. The van der Waals surface area contributed by atoms with Crippen LogP contribution in [0.15, 0.2) is 24.3 Å². The zero-order chi connectivity index (χ0) is 11.4. The van der Waals surface area contributed by atoms with Gasteiger partial charge in [0.2, 0.25) is 0 Å². The van der Waals surface area contributed by atoms with Crippen molar-refractivity contribution < 1.29 is 5.11 Å².